The van der Waals surface area contributed by atoms with Gasteiger partial charge in [-0.2, -0.15) is 0 Å². The molecule has 0 saturated heterocycles. The number of halogens is 1. The Morgan fingerprint density at radius 1 is 1.16 bits per heavy atom. The van der Waals surface area contributed by atoms with Gasteiger partial charge in [0.05, 0.1) is 11.6 Å². The average Bonchev–Trinajstić information content (AvgIpc) is 2.61. The van der Waals surface area contributed by atoms with Gasteiger partial charge in [0.2, 0.25) is 0 Å². The monoisotopic (exact) mass is 342 g/mol. The molecule has 3 rings (SSSR count). The van der Waals surface area contributed by atoms with Crippen molar-refractivity contribution in [2.24, 2.45) is 0 Å². The number of urea groups is 1. The lowest BCUT2D eigenvalue weighted by molar-refractivity contribution is 0.0697. The second-order valence-corrected chi connectivity index (χ2v) is 6.12. The number of carbonyl (C=O) groups is 2. The van der Waals surface area contributed by atoms with Crippen molar-refractivity contribution >= 4 is 12.0 Å². The summed E-state index contributed by atoms with van der Waals surface area (Å²) < 4.78 is 13.5. The molecule has 0 heterocycles. The fraction of sp³-hybridized carbons (Fsp3) is 0.263. The van der Waals surface area contributed by atoms with Crippen molar-refractivity contribution in [2.45, 2.75) is 31.8 Å². The first-order valence-corrected chi connectivity index (χ1v) is 8.18. The molecule has 0 saturated carbocycles. The predicted octanol–water partition coefficient (Wildman–Crippen LogP) is 3.40. The van der Waals surface area contributed by atoms with Crippen LogP contribution in [0.15, 0.2) is 42.5 Å². The number of hydrogen-bond acceptors (Lipinski definition) is 2. The maximum atomic E-state index is 13.5. The van der Waals surface area contributed by atoms with Crippen LogP contribution < -0.4 is 10.6 Å². The molecule has 1 aliphatic rings. The Kier molecular flexibility index (Phi) is 4.97. The van der Waals surface area contributed by atoms with E-state index in [1.165, 1.54) is 24.3 Å². The normalized spacial score (nSPS) is 16.0. The summed E-state index contributed by atoms with van der Waals surface area (Å²) in [6.07, 6.45) is 2.61. The molecular formula is C19H19FN2O3. The molecule has 2 aromatic rings. The summed E-state index contributed by atoms with van der Waals surface area (Å²) in [6, 6.07) is 10.5. The molecule has 6 heteroatoms. The summed E-state index contributed by atoms with van der Waals surface area (Å²) in [5, 5.41) is 14.5. The lowest BCUT2D eigenvalue weighted by Gasteiger charge is -2.26. The minimum absolute atomic E-state index is 0.200. The van der Waals surface area contributed by atoms with E-state index in [2.05, 4.69) is 10.6 Å². The standard InChI is InChI=1S/C19H19FN2O3/c20-15-9-8-13-2-1-3-17(16(13)10-15)22-19(25)21-11-12-4-6-14(7-5-12)18(23)24/h4-10,17H,1-3,11H2,(H,23,24)(H2,21,22,25)/t17-/m0/s1. The van der Waals surface area contributed by atoms with Crippen LogP contribution in [0.3, 0.4) is 0 Å². The van der Waals surface area contributed by atoms with E-state index in [1.807, 2.05) is 0 Å². The molecule has 0 spiro atoms. The third-order valence-electron chi connectivity index (χ3n) is 4.38. The lowest BCUT2D eigenvalue weighted by atomic mass is 9.87. The molecule has 2 aromatic carbocycles. The Bertz CT molecular complexity index is 790. The summed E-state index contributed by atoms with van der Waals surface area (Å²) in [4.78, 5) is 23.0. The van der Waals surface area contributed by atoms with Gasteiger partial charge in [0.1, 0.15) is 5.82 Å². The lowest BCUT2D eigenvalue weighted by Crippen LogP contribution is -2.38. The zero-order chi connectivity index (χ0) is 17.8. The second kappa shape index (κ2) is 7.34. The molecule has 3 N–H and O–H groups in total. The quantitative estimate of drug-likeness (QED) is 0.797. The summed E-state index contributed by atoms with van der Waals surface area (Å²) in [6.45, 7) is 0.286. The number of aromatic carboxylic acids is 1. The highest BCUT2D eigenvalue weighted by Gasteiger charge is 2.22. The van der Waals surface area contributed by atoms with E-state index in [0.29, 0.717) is 0 Å². The maximum absolute atomic E-state index is 13.5. The van der Waals surface area contributed by atoms with Crippen LogP contribution >= 0.6 is 0 Å². The highest BCUT2D eigenvalue weighted by atomic mass is 19.1. The van der Waals surface area contributed by atoms with Crippen LogP contribution in [0.5, 0.6) is 0 Å². The van der Waals surface area contributed by atoms with Crippen LogP contribution in [-0.4, -0.2) is 17.1 Å². The third kappa shape index (κ3) is 4.15. The Morgan fingerprint density at radius 3 is 2.64 bits per heavy atom. The molecule has 0 bridgehead atoms. The van der Waals surface area contributed by atoms with Crippen LogP contribution in [0.25, 0.3) is 0 Å². The number of rotatable bonds is 4. The molecular weight excluding hydrogens is 323 g/mol. The molecule has 0 fully saturated rings. The summed E-state index contributed by atoms with van der Waals surface area (Å²) in [7, 11) is 0. The minimum atomic E-state index is -0.986. The molecule has 25 heavy (non-hydrogen) atoms. The third-order valence-corrected chi connectivity index (χ3v) is 4.38. The number of nitrogens with one attached hydrogen (secondary N) is 2. The topological polar surface area (TPSA) is 78.4 Å². The fourth-order valence-corrected chi connectivity index (χ4v) is 3.08. The molecule has 1 aliphatic carbocycles. The Labute approximate surface area is 144 Å². The first-order chi connectivity index (χ1) is 12.0. The van der Waals surface area contributed by atoms with Crippen molar-refractivity contribution in [2.75, 3.05) is 0 Å². The van der Waals surface area contributed by atoms with E-state index in [0.717, 1.165) is 36.0 Å². The van der Waals surface area contributed by atoms with Gasteiger partial charge in [0, 0.05) is 6.54 Å². The average molecular weight is 342 g/mol. The number of amides is 2. The first kappa shape index (κ1) is 17.0. The van der Waals surface area contributed by atoms with E-state index in [1.54, 1.807) is 18.2 Å². The van der Waals surface area contributed by atoms with E-state index in [4.69, 9.17) is 5.11 Å². The van der Waals surface area contributed by atoms with Gasteiger partial charge in [-0.05, 0) is 60.2 Å². The predicted molar refractivity (Wildman–Crippen MR) is 90.9 cm³/mol. The molecule has 0 unspecified atom stereocenters. The van der Waals surface area contributed by atoms with Gasteiger partial charge in [0.25, 0.3) is 0 Å². The number of carboxylic acids is 1. The maximum Gasteiger partial charge on any atom is 0.335 e. The van der Waals surface area contributed by atoms with Crippen LogP contribution in [0.1, 0.15) is 45.9 Å². The Morgan fingerprint density at radius 2 is 1.92 bits per heavy atom. The van der Waals surface area contributed by atoms with Crippen molar-refractivity contribution in [1.82, 2.24) is 10.6 Å². The molecule has 0 aliphatic heterocycles. The zero-order valence-electron chi connectivity index (χ0n) is 13.6. The zero-order valence-corrected chi connectivity index (χ0v) is 13.6. The molecule has 5 nitrogen and oxygen atoms in total. The van der Waals surface area contributed by atoms with E-state index in [-0.39, 0.29) is 30.0 Å². The first-order valence-electron chi connectivity index (χ1n) is 8.18. The van der Waals surface area contributed by atoms with Crippen molar-refractivity contribution in [3.8, 4) is 0 Å². The largest absolute Gasteiger partial charge is 0.478 e. The van der Waals surface area contributed by atoms with Crippen LogP contribution in [0.2, 0.25) is 0 Å². The number of hydrogen-bond donors (Lipinski definition) is 3. The van der Waals surface area contributed by atoms with Gasteiger partial charge < -0.3 is 15.7 Å². The summed E-state index contributed by atoms with van der Waals surface area (Å²) in [5.41, 5.74) is 2.92. The number of fused-ring (bicyclic) bond motifs is 1. The van der Waals surface area contributed by atoms with E-state index in [9.17, 15) is 14.0 Å². The Hall–Kier alpha value is -2.89. The smallest absolute Gasteiger partial charge is 0.335 e. The van der Waals surface area contributed by atoms with Gasteiger partial charge in [0.15, 0.2) is 0 Å². The van der Waals surface area contributed by atoms with E-state index < -0.39 is 5.97 Å². The van der Waals surface area contributed by atoms with Gasteiger partial charge in [-0.15, -0.1) is 0 Å². The molecule has 1 atom stereocenters. The van der Waals surface area contributed by atoms with Crippen molar-refractivity contribution in [3.05, 3.63) is 70.5 Å². The van der Waals surface area contributed by atoms with Gasteiger partial charge >= 0.3 is 12.0 Å². The molecule has 0 radical (unpaired) electrons. The van der Waals surface area contributed by atoms with Crippen molar-refractivity contribution in [1.29, 1.82) is 0 Å². The SMILES string of the molecule is O=C(NCc1ccc(C(=O)O)cc1)N[C@H]1CCCc2ccc(F)cc21. The minimum Gasteiger partial charge on any atom is -0.478 e. The highest BCUT2D eigenvalue weighted by molar-refractivity contribution is 5.87. The summed E-state index contributed by atoms with van der Waals surface area (Å²) in [5.74, 6) is -1.29. The van der Waals surface area contributed by atoms with Crippen molar-refractivity contribution in [3.63, 3.8) is 0 Å². The number of carbonyl (C=O) groups excluding carboxylic acids is 1. The number of benzene rings is 2. The molecule has 0 aromatic heterocycles. The fourth-order valence-electron chi connectivity index (χ4n) is 3.08. The van der Waals surface area contributed by atoms with Gasteiger partial charge in [-0.3, -0.25) is 0 Å². The molecule has 2 amide bonds. The number of aryl methyl sites for hydroxylation is 1. The highest BCUT2D eigenvalue weighted by Crippen LogP contribution is 2.30. The van der Waals surface area contributed by atoms with Crippen molar-refractivity contribution < 1.29 is 19.1 Å². The Balaban J connectivity index is 1.58. The number of carboxylic acid groups (broad SMARTS) is 1. The van der Waals surface area contributed by atoms with Gasteiger partial charge in [-0.25, -0.2) is 14.0 Å². The molecule has 130 valence electrons. The van der Waals surface area contributed by atoms with Gasteiger partial charge in [-0.1, -0.05) is 18.2 Å². The van der Waals surface area contributed by atoms with Crippen LogP contribution in [0, 0.1) is 5.82 Å². The van der Waals surface area contributed by atoms with E-state index >= 15 is 0 Å². The summed E-state index contributed by atoms with van der Waals surface area (Å²) >= 11 is 0. The van der Waals surface area contributed by atoms with Crippen LogP contribution in [-0.2, 0) is 13.0 Å². The second-order valence-electron chi connectivity index (χ2n) is 6.12. The van der Waals surface area contributed by atoms with Crippen LogP contribution in [0.4, 0.5) is 9.18 Å².